The zero-order valence-electron chi connectivity index (χ0n) is 19.7. The monoisotopic (exact) mass is 440 g/mol. The molecular weight excluding hydrogens is 404 g/mol. The van der Waals surface area contributed by atoms with Gasteiger partial charge in [-0.3, -0.25) is 9.59 Å². The third-order valence-corrected chi connectivity index (χ3v) is 5.45. The van der Waals surface area contributed by atoms with Crippen molar-refractivity contribution in [1.82, 2.24) is 10.2 Å². The van der Waals surface area contributed by atoms with E-state index in [4.69, 9.17) is 9.47 Å². The van der Waals surface area contributed by atoms with E-state index in [1.807, 2.05) is 75.4 Å². The second-order valence-corrected chi connectivity index (χ2v) is 7.88. The van der Waals surface area contributed by atoms with E-state index in [2.05, 4.69) is 5.32 Å². The van der Waals surface area contributed by atoms with E-state index in [-0.39, 0.29) is 17.9 Å². The third-order valence-electron chi connectivity index (χ3n) is 5.45. The van der Waals surface area contributed by atoms with Crippen molar-refractivity contribution < 1.29 is 19.1 Å². The Morgan fingerprint density at radius 1 is 0.969 bits per heavy atom. The summed E-state index contributed by atoms with van der Waals surface area (Å²) in [5, 5.41) is 3.03. The maximum Gasteiger partial charge on any atom is 0.243 e. The minimum Gasteiger partial charge on any atom is -0.497 e. The molecule has 32 heavy (non-hydrogen) atoms. The highest BCUT2D eigenvalue weighted by molar-refractivity contribution is 5.87. The first-order valence-electron chi connectivity index (χ1n) is 11.4. The van der Waals surface area contributed by atoms with Gasteiger partial charge in [-0.25, -0.2) is 0 Å². The second-order valence-electron chi connectivity index (χ2n) is 7.88. The van der Waals surface area contributed by atoms with Gasteiger partial charge in [0.15, 0.2) is 0 Å². The summed E-state index contributed by atoms with van der Waals surface area (Å²) in [5.41, 5.74) is 1.00. The molecule has 2 atom stereocenters. The number of rotatable bonds is 13. The molecule has 0 spiro atoms. The summed E-state index contributed by atoms with van der Waals surface area (Å²) in [7, 11) is 1.62. The van der Waals surface area contributed by atoms with Gasteiger partial charge < -0.3 is 19.7 Å². The molecule has 6 heteroatoms. The number of carbonyl (C=O) groups is 2. The standard InChI is InChI=1S/C26H36N2O4/c1-5-20(3)27-26(30)24(6-2)28(19-21-11-8-7-9-12-21)25(29)13-10-18-32-23-16-14-22(31-4)15-17-23/h7-9,11-12,14-17,20,24H,5-6,10,13,18-19H2,1-4H3,(H,27,30)/t20-,24-/m1/s1. The molecule has 0 bridgehead atoms. The number of nitrogens with zero attached hydrogens (tertiary/aromatic N) is 1. The number of hydrogen-bond donors (Lipinski definition) is 1. The summed E-state index contributed by atoms with van der Waals surface area (Å²) < 4.78 is 10.9. The minimum absolute atomic E-state index is 0.0432. The molecule has 0 fully saturated rings. The largest absolute Gasteiger partial charge is 0.497 e. The molecule has 0 aromatic heterocycles. The molecule has 0 unspecified atom stereocenters. The number of methoxy groups -OCH3 is 1. The highest BCUT2D eigenvalue weighted by atomic mass is 16.5. The zero-order valence-corrected chi connectivity index (χ0v) is 19.7. The summed E-state index contributed by atoms with van der Waals surface area (Å²) in [6.45, 7) is 6.78. The number of benzene rings is 2. The summed E-state index contributed by atoms with van der Waals surface area (Å²) >= 11 is 0. The fourth-order valence-corrected chi connectivity index (χ4v) is 3.37. The first kappa shape index (κ1) is 25.2. The Balaban J connectivity index is 2.01. The van der Waals surface area contributed by atoms with Crippen LogP contribution in [0.5, 0.6) is 11.5 Å². The van der Waals surface area contributed by atoms with Gasteiger partial charge in [0.1, 0.15) is 17.5 Å². The van der Waals surface area contributed by atoms with E-state index in [9.17, 15) is 9.59 Å². The van der Waals surface area contributed by atoms with Crippen LogP contribution in [-0.4, -0.2) is 42.5 Å². The molecule has 0 radical (unpaired) electrons. The third kappa shape index (κ3) is 7.91. The lowest BCUT2D eigenvalue weighted by molar-refractivity contribution is -0.141. The number of amides is 2. The molecule has 0 saturated heterocycles. The molecule has 0 aliphatic rings. The lowest BCUT2D eigenvalue weighted by Gasteiger charge is -2.31. The van der Waals surface area contributed by atoms with Gasteiger partial charge in [-0.1, -0.05) is 44.2 Å². The molecule has 0 aliphatic carbocycles. The Hall–Kier alpha value is -3.02. The second kappa shape index (κ2) is 13.4. The van der Waals surface area contributed by atoms with Crippen LogP contribution in [0.2, 0.25) is 0 Å². The van der Waals surface area contributed by atoms with Crippen LogP contribution >= 0.6 is 0 Å². The van der Waals surface area contributed by atoms with E-state index >= 15 is 0 Å². The molecule has 0 heterocycles. The van der Waals surface area contributed by atoms with E-state index in [1.165, 1.54) is 0 Å². The highest BCUT2D eigenvalue weighted by Gasteiger charge is 2.28. The quantitative estimate of drug-likeness (QED) is 0.463. The van der Waals surface area contributed by atoms with Gasteiger partial charge in [0.05, 0.1) is 13.7 Å². The van der Waals surface area contributed by atoms with E-state index in [0.717, 1.165) is 23.5 Å². The lowest BCUT2D eigenvalue weighted by atomic mass is 10.1. The Morgan fingerprint density at radius 3 is 2.22 bits per heavy atom. The van der Waals surface area contributed by atoms with Gasteiger partial charge in [-0.2, -0.15) is 0 Å². The van der Waals surface area contributed by atoms with Gasteiger partial charge in [-0.15, -0.1) is 0 Å². The van der Waals surface area contributed by atoms with E-state index < -0.39 is 6.04 Å². The van der Waals surface area contributed by atoms with Crippen molar-refractivity contribution in [3.05, 3.63) is 60.2 Å². The van der Waals surface area contributed by atoms with Gasteiger partial charge in [0.25, 0.3) is 0 Å². The highest BCUT2D eigenvalue weighted by Crippen LogP contribution is 2.18. The van der Waals surface area contributed by atoms with Crippen LogP contribution in [0.4, 0.5) is 0 Å². The number of ether oxygens (including phenoxy) is 2. The van der Waals surface area contributed by atoms with Crippen LogP contribution in [-0.2, 0) is 16.1 Å². The van der Waals surface area contributed by atoms with Gasteiger partial charge in [0.2, 0.25) is 11.8 Å². The number of carbonyl (C=O) groups excluding carboxylic acids is 2. The fraction of sp³-hybridized carbons (Fsp3) is 0.462. The smallest absolute Gasteiger partial charge is 0.243 e. The summed E-state index contributed by atoms with van der Waals surface area (Å²) in [4.78, 5) is 27.8. The molecule has 2 amide bonds. The molecule has 0 aliphatic heterocycles. The van der Waals surface area contributed by atoms with Crippen LogP contribution in [0.1, 0.15) is 52.0 Å². The van der Waals surface area contributed by atoms with Crippen molar-refractivity contribution in [3.63, 3.8) is 0 Å². The number of nitrogens with one attached hydrogen (secondary N) is 1. The van der Waals surface area contributed by atoms with Crippen LogP contribution in [0.3, 0.4) is 0 Å². The molecule has 2 rings (SSSR count). The number of hydrogen-bond acceptors (Lipinski definition) is 4. The van der Waals surface area contributed by atoms with Crippen molar-refractivity contribution in [2.45, 2.75) is 65.1 Å². The van der Waals surface area contributed by atoms with Crippen molar-refractivity contribution in [2.24, 2.45) is 0 Å². The Morgan fingerprint density at radius 2 is 1.62 bits per heavy atom. The van der Waals surface area contributed by atoms with Crippen LogP contribution < -0.4 is 14.8 Å². The SMILES string of the molecule is CC[C@@H](C)NC(=O)[C@@H](CC)N(Cc1ccccc1)C(=O)CCCOc1ccc(OC)cc1. The van der Waals surface area contributed by atoms with Crippen molar-refractivity contribution in [3.8, 4) is 11.5 Å². The fourth-order valence-electron chi connectivity index (χ4n) is 3.37. The van der Waals surface area contributed by atoms with Crippen molar-refractivity contribution >= 4 is 11.8 Å². The molecule has 6 nitrogen and oxygen atoms in total. The average Bonchev–Trinajstić information content (AvgIpc) is 2.82. The molecule has 2 aromatic rings. The Labute approximate surface area is 191 Å². The van der Waals surface area contributed by atoms with E-state index in [0.29, 0.717) is 32.4 Å². The topological polar surface area (TPSA) is 67.9 Å². The first-order chi connectivity index (χ1) is 15.5. The van der Waals surface area contributed by atoms with Crippen LogP contribution in [0.15, 0.2) is 54.6 Å². The molecule has 174 valence electrons. The minimum atomic E-state index is -0.501. The van der Waals surface area contributed by atoms with Gasteiger partial charge in [0, 0.05) is 19.0 Å². The van der Waals surface area contributed by atoms with Crippen LogP contribution in [0.25, 0.3) is 0 Å². The Bertz CT molecular complexity index is 823. The van der Waals surface area contributed by atoms with Gasteiger partial charge in [-0.05, 0) is 56.0 Å². The Kier molecular flexibility index (Phi) is 10.6. The van der Waals surface area contributed by atoms with Crippen LogP contribution in [0, 0.1) is 0 Å². The summed E-state index contributed by atoms with van der Waals surface area (Å²) in [6, 6.07) is 16.7. The maximum atomic E-state index is 13.2. The maximum absolute atomic E-state index is 13.2. The molecule has 2 aromatic carbocycles. The first-order valence-corrected chi connectivity index (χ1v) is 11.4. The normalized spacial score (nSPS) is 12.5. The molecule has 1 N–H and O–H groups in total. The lowest BCUT2D eigenvalue weighted by Crippen LogP contribution is -2.50. The van der Waals surface area contributed by atoms with Crippen molar-refractivity contribution in [2.75, 3.05) is 13.7 Å². The van der Waals surface area contributed by atoms with Crippen molar-refractivity contribution in [1.29, 1.82) is 0 Å². The zero-order chi connectivity index (χ0) is 23.3. The summed E-state index contributed by atoms with van der Waals surface area (Å²) in [5.74, 6) is 1.36. The predicted molar refractivity (Wildman–Crippen MR) is 127 cm³/mol. The molecular formula is C26H36N2O4. The molecule has 0 saturated carbocycles. The average molecular weight is 441 g/mol. The predicted octanol–water partition coefficient (Wildman–Crippen LogP) is 4.58. The summed E-state index contributed by atoms with van der Waals surface area (Å²) in [6.07, 6.45) is 2.29. The van der Waals surface area contributed by atoms with Gasteiger partial charge >= 0.3 is 0 Å². The van der Waals surface area contributed by atoms with E-state index in [1.54, 1.807) is 12.0 Å².